The quantitative estimate of drug-likeness (QED) is 0.534. The van der Waals surface area contributed by atoms with Crippen molar-refractivity contribution in [3.63, 3.8) is 0 Å². The van der Waals surface area contributed by atoms with Gasteiger partial charge < -0.3 is 5.32 Å². The molecule has 1 aliphatic heterocycles. The van der Waals surface area contributed by atoms with Gasteiger partial charge in [0, 0.05) is 10.3 Å². The predicted octanol–water partition coefficient (Wildman–Crippen LogP) is 1.13. The summed E-state index contributed by atoms with van der Waals surface area (Å²) < 4.78 is 29.2. The lowest BCUT2D eigenvalue weighted by atomic mass is 10.2. The van der Waals surface area contributed by atoms with Gasteiger partial charge in [-0.1, -0.05) is 15.9 Å². The molecule has 0 saturated carbocycles. The highest BCUT2D eigenvalue weighted by Gasteiger charge is 2.06. The Labute approximate surface area is 58.2 Å². The number of hydrogen-bond donors (Lipinski definition) is 1. The highest BCUT2D eigenvalue weighted by molar-refractivity contribution is 9.09. The first-order chi connectivity index (χ1) is 4.81. The van der Waals surface area contributed by atoms with Gasteiger partial charge in [-0.15, -0.1) is 0 Å². The third kappa shape index (κ3) is 1.78. The normalized spacial score (nSPS) is 48.1. The number of piperidine rings is 1. The second-order valence-corrected chi connectivity index (χ2v) is 2.78. The number of nitrogens with one attached hydrogen (secondary N) is 1. The summed E-state index contributed by atoms with van der Waals surface area (Å²) >= 11 is 3.22. The van der Waals surface area contributed by atoms with E-state index in [4.69, 9.17) is 5.48 Å². The molecule has 7 heavy (non-hydrogen) atoms. The molecule has 1 aliphatic rings. The van der Waals surface area contributed by atoms with Crippen LogP contribution in [-0.2, 0) is 0 Å². The molecule has 0 radical (unpaired) electrons. The topological polar surface area (TPSA) is 12.0 Å². The molecule has 42 valence electrons. The van der Waals surface area contributed by atoms with Crippen LogP contribution in [-0.4, -0.2) is 17.8 Å². The number of halogens is 1. The molecule has 1 saturated heterocycles. The summed E-state index contributed by atoms with van der Waals surface area (Å²) in [5, 5.41) is 2.30. The van der Waals surface area contributed by atoms with Crippen LogP contribution in [0.1, 0.15) is 18.3 Å². The van der Waals surface area contributed by atoms with Crippen molar-refractivity contribution in [3.05, 3.63) is 0 Å². The molecule has 0 atom stereocenters. The summed E-state index contributed by atoms with van der Waals surface area (Å²) in [6.45, 7) is -3.17. The Bertz CT molecular complexity index is 145. The molecular formula is C5H10BrN. The zero-order valence-electron chi connectivity index (χ0n) is 7.87. The van der Waals surface area contributed by atoms with Gasteiger partial charge in [0.25, 0.3) is 0 Å². The minimum atomic E-state index is -1.59. The summed E-state index contributed by atoms with van der Waals surface area (Å²) in [6, 6.07) is 0. The van der Waals surface area contributed by atoms with Crippen molar-refractivity contribution in [1.82, 2.24) is 5.32 Å². The fourth-order valence-corrected chi connectivity index (χ4v) is 0.782. The minimum Gasteiger partial charge on any atom is -0.317 e. The molecule has 0 aromatic carbocycles. The Morgan fingerprint density at radius 1 is 1.57 bits per heavy atom. The van der Waals surface area contributed by atoms with Crippen LogP contribution in [0.5, 0.6) is 0 Å². The molecular weight excluding hydrogens is 154 g/mol. The molecule has 0 aromatic rings. The molecule has 1 rings (SSSR count). The van der Waals surface area contributed by atoms with E-state index in [-0.39, 0.29) is 4.83 Å². The average Bonchev–Trinajstić information content (AvgIpc) is 1.49. The van der Waals surface area contributed by atoms with Gasteiger partial charge in [-0.05, 0) is 25.8 Å². The maximum absolute atomic E-state index is 7.30. The Morgan fingerprint density at radius 3 is 2.57 bits per heavy atom. The molecule has 0 spiro atoms. The molecule has 1 fully saturated rings. The molecule has 0 aliphatic carbocycles. The number of alkyl halides is 1. The summed E-state index contributed by atoms with van der Waals surface area (Å²) in [4.78, 5) is -0.0752. The second-order valence-electron chi connectivity index (χ2n) is 1.48. The van der Waals surface area contributed by atoms with Gasteiger partial charge in [0.15, 0.2) is 0 Å². The first-order valence-electron chi connectivity index (χ1n) is 4.24. The van der Waals surface area contributed by atoms with Crippen LogP contribution < -0.4 is 5.32 Å². The SMILES string of the molecule is [2H]C1([2H])CC(Br)CC([2H])([2H])N1. The first kappa shape index (κ1) is 2.36. The first-order valence-corrected chi connectivity index (χ1v) is 3.16. The monoisotopic (exact) mass is 167 g/mol. The van der Waals surface area contributed by atoms with Crippen LogP contribution in [0.15, 0.2) is 0 Å². The number of hydrogen-bond acceptors (Lipinski definition) is 1. The highest BCUT2D eigenvalue weighted by atomic mass is 79.9. The van der Waals surface area contributed by atoms with E-state index in [0.717, 1.165) is 0 Å². The van der Waals surface area contributed by atoms with E-state index in [1.807, 2.05) is 0 Å². The van der Waals surface area contributed by atoms with Crippen molar-refractivity contribution in [2.24, 2.45) is 0 Å². The summed E-state index contributed by atoms with van der Waals surface area (Å²) in [5.41, 5.74) is 0. The Kier molecular flexibility index (Phi) is 0.901. The van der Waals surface area contributed by atoms with E-state index in [9.17, 15) is 0 Å². The van der Waals surface area contributed by atoms with Gasteiger partial charge in [0.05, 0.1) is 0 Å². The molecule has 0 bridgehead atoms. The van der Waals surface area contributed by atoms with Crippen LogP contribution in [0.2, 0.25) is 0 Å². The Morgan fingerprint density at radius 2 is 2.14 bits per heavy atom. The Hall–Kier alpha value is 0.440. The lowest BCUT2D eigenvalue weighted by Crippen LogP contribution is -2.27. The van der Waals surface area contributed by atoms with Crippen molar-refractivity contribution in [2.45, 2.75) is 17.7 Å². The van der Waals surface area contributed by atoms with Crippen molar-refractivity contribution >= 4 is 15.9 Å². The fourth-order valence-electron chi connectivity index (χ4n) is 0.458. The molecule has 0 amide bonds. The van der Waals surface area contributed by atoms with Crippen LogP contribution in [0.3, 0.4) is 0 Å². The van der Waals surface area contributed by atoms with E-state index in [1.54, 1.807) is 0 Å². The van der Waals surface area contributed by atoms with Crippen LogP contribution in [0.25, 0.3) is 0 Å². The van der Waals surface area contributed by atoms with E-state index >= 15 is 0 Å². The van der Waals surface area contributed by atoms with Gasteiger partial charge in [0.1, 0.15) is 0 Å². The summed E-state index contributed by atoms with van der Waals surface area (Å²) in [7, 11) is 0. The fraction of sp³-hybridized carbons (Fsp3) is 1.00. The third-order valence-corrected chi connectivity index (χ3v) is 1.47. The van der Waals surface area contributed by atoms with Crippen molar-refractivity contribution in [2.75, 3.05) is 13.0 Å². The summed E-state index contributed by atoms with van der Waals surface area (Å²) in [6.07, 6.45) is 0.624. The zero-order valence-corrected chi connectivity index (χ0v) is 5.46. The van der Waals surface area contributed by atoms with E-state index < -0.39 is 13.0 Å². The van der Waals surface area contributed by atoms with Crippen LogP contribution in [0.4, 0.5) is 0 Å². The molecule has 0 unspecified atom stereocenters. The van der Waals surface area contributed by atoms with Crippen LogP contribution >= 0.6 is 15.9 Å². The average molecular weight is 168 g/mol. The van der Waals surface area contributed by atoms with Gasteiger partial charge in [-0.3, -0.25) is 0 Å². The third-order valence-electron chi connectivity index (χ3n) is 0.824. The van der Waals surface area contributed by atoms with Crippen LogP contribution in [0, 0.1) is 0 Å². The maximum Gasteiger partial charge on any atom is 0.0428 e. The molecule has 1 heterocycles. The van der Waals surface area contributed by atoms with E-state index in [1.165, 1.54) is 0 Å². The van der Waals surface area contributed by atoms with Gasteiger partial charge in [0.2, 0.25) is 0 Å². The maximum atomic E-state index is 7.30. The Balaban J connectivity index is 2.66. The van der Waals surface area contributed by atoms with Crippen molar-refractivity contribution < 1.29 is 5.48 Å². The van der Waals surface area contributed by atoms with E-state index in [2.05, 4.69) is 21.2 Å². The van der Waals surface area contributed by atoms with Gasteiger partial charge >= 0.3 is 0 Å². The summed E-state index contributed by atoms with van der Waals surface area (Å²) in [5.74, 6) is 0. The molecule has 0 aromatic heterocycles. The van der Waals surface area contributed by atoms with Crippen molar-refractivity contribution in [1.29, 1.82) is 0 Å². The molecule has 1 N–H and O–H groups in total. The smallest absolute Gasteiger partial charge is 0.0428 e. The lowest BCUT2D eigenvalue weighted by Gasteiger charge is -2.15. The minimum absolute atomic E-state index is 0.0752. The van der Waals surface area contributed by atoms with Gasteiger partial charge in [-0.2, -0.15) is 0 Å². The van der Waals surface area contributed by atoms with E-state index in [0.29, 0.717) is 12.8 Å². The zero-order chi connectivity index (χ0) is 8.70. The second kappa shape index (κ2) is 2.68. The molecule has 2 heteroatoms. The standard InChI is InChI=1S/C5H10BrN/c6-5-1-3-7-4-2-5/h5,7H,1-4H2/i3D2,4D2. The number of rotatable bonds is 0. The predicted molar refractivity (Wildman–Crippen MR) is 34.8 cm³/mol. The molecule has 1 nitrogen and oxygen atoms in total. The highest BCUT2D eigenvalue weighted by Crippen LogP contribution is 2.10. The van der Waals surface area contributed by atoms with Crippen molar-refractivity contribution in [3.8, 4) is 0 Å². The lowest BCUT2D eigenvalue weighted by molar-refractivity contribution is 0.537. The largest absolute Gasteiger partial charge is 0.317 e. The van der Waals surface area contributed by atoms with Gasteiger partial charge in [-0.25, -0.2) is 0 Å².